The highest BCUT2D eigenvalue weighted by Crippen LogP contribution is 2.14. The quantitative estimate of drug-likeness (QED) is 0.887. The van der Waals surface area contributed by atoms with Gasteiger partial charge in [0.2, 0.25) is 0 Å². The smallest absolute Gasteiger partial charge is 0.268 e. The molecule has 2 aromatic rings. The second-order valence-electron chi connectivity index (χ2n) is 6.86. The van der Waals surface area contributed by atoms with Crippen molar-refractivity contribution in [1.29, 1.82) is 0 Å². The summed E-state index contributed by atoms with van der Waals surface area (Å²) >= 11 is 0. The molecule has 1 aromatic carbocycles. The van der Waals surface area contributed by atoms with Crippen LogP contribution in [-0.4, -0.2) is 41.5 Å². The third-order valence-corrected chi connectivity index (χ3v) is 4.78. The summed E-state index contributed by atoms with van der Waals surface area (Å²) in [4.78, 5) is 18.1. The van der Waals surface area contributed by atoms with Gasteiger partial charge in [-0.2, -0.15) is 0 Å². The van der Waals surface area contributed by atoms with E-state index in [0.717, 1.165) is 50.2 Å². The molecule has 1 atom stereocenters. The Morgan fingerprint density at radius 3 is 2.79 bits per heavy atom. The number of benzene rings is 1. The van der Waals surface area contributed by atoms with Gasteiger partial charge in [-0.15, -0.1) is 0 Å². The van der Waals surface area contributed by atoms with Crippen LogP contribution in [-0.2, 0) is 6.42 Å². The lowest BCUT2D eigenvalue weighted by molar-refractivity contribution is 0.0899. The molecule has 0 bridgehead atoms. The van der Waals surface area contributed by atoms with E-state index in [1.165, 1.54) is 5.56 Å². The number of H-pyrrole nitrogens is 1. The Hall–Kier alpha value is -2.07. The van der Waals surface area contributed by atoms with E-state index in [2.05, 4.69) is 45.5 Å². The van der Waals surface area contributed by atoms with E-state index in [1.54, 1.807) is 0 Å². The number of rotatable bonds is 5. The minimum atomic E-state index is 0.0236. The molecule has 1 fully saturated rings. The van der Waals surface area contributed by atoms with Gasteiger partial charge < -0.3 is 15.2 Å². The van der Waals surface area contributed by atoms with Crippen molar-refractivity contribution < 1.29 is 4.79 Å². The number of carbonyl (C=O) groups is 1. The average Bonchev–Trinajstić information content (AvgIpc) is 2.93. The molecule has 1 amide bonds. The van der Waals surface area contributed by atoms with Crippen molar-refractivity contribution in [1.82, 2.24) is 15.2 Å². The standard InChI is InChI=1S/C20H27N3O/c1-15-13-16(2)21-19(15)20(24)22-18-9-6-11-23(14-18)12-10-17-7-4-3-5-8-17/h3-5,7-8,13,18,21H,6,9-12,14H2,1-2H3,(H,22,24). The number of nitrogens with one attached hydrogen (secondary N) is 2. The normalized spacial score (nSPS) is 18.5. The summed E-state index contributed by atoms with van der Waals surface area (Å²) in [6, 6.07) is 12.9. The van der Waals surface area contributed by atoms with Gasteiger partial charge in [0.15, 0.2) is 0 Å². The summed E-state index contributed by atoms with van der Waals surface area (Å²) in [5.41, 5.74) is 4.13. The minimum absolute atomic E-state index is 0.0236. The molecule has 3 rings (SSSR count). The molecular weight excluding hydrogens is 298 g/mol. The molecule has 1 unspecified atom stereocenters. The van der Waals surface area contributed by atoms with Gasteiger partial charge in [0.25, 0.3) is 5.91 Å². The molecule has 1 aliphatic heterocycles. The van der Waals surface area contributed by atoms with E-state index >= 15 is 0 Å². The fourth-order valence-corrected chi connectivity index (χ4v) is 3.53. The molecular formula is C20H27N3O. The van der Waals surface area contributed by atoms with E-state index < -0.39 is 0 Å². The predicted octanol–water partition coefficient (Wildman–Crippen LogP) is 3.07. The third kappa shape index (κ3) is 4.26. The Labute approximate surface area is 144 Å². The first-order chi connectivity index (χ1) is 11.6. The summed E-state index contributed by atoms with van der Waals surface area (Å²) in [6.45, 7) is 7.08. The molecule has 2 heterocycles. The van der Waals surface area contributed by atoms with Crippen LogP contribution in [0.5, 0.6) is 0 Å². The summed E-state index contributed by atoms with van der Waals surface area (Å²) in [5, 5.41) is 3.21. The molecule has 0 radical (unpaired) electrons. The molecule has 1 saturated heterocycles. The van der Waals surface area contributed by atoms with Crippen LogP contribution < -0.4 is 5.32 Å². The van der Waals surface area contributed by atoms with Gasteiger partial charge in [0, 0.05) is 24.8 Å². The molecule has 1 aliphatic rings. The zero-order chi connectivity index (χ0) is 16.9. The SMILES string of the molecule is Cc1cc(C)c(C(=O)NC2CCCN(CCc3ccccc3)C2)[nH]1. The Bertz CT molecular complexity index is 677. The first-order valence-corrected chi connectivity index (χ1v) is 8.85. The second-order valence-corrected chi connectivity index (χ2v) is 6.86. The van der Waals surface area contributed by atoms with Crippen molar-refractivity contribution in [3.8, 4) is 0 Å². The lowest BCUT2D eigenvalue weighted by Crippen LogP contribution is -2.48. The molecule has 128 valence electrons. The van der Waals surface area contributed by atoms with Crippen molar-refractivity contribution in [2.75, 3.05) is 19.6 Å². The van der Waals surface area contributed by atoms with Gasteiger partial charge in [-0.25, -0.2) is 0 Å². The molecule has 0 aliphatic carbocycles. The van der Waals surface area contributed by atoms with Gasteiger partial charge in [-0.05, 0) is 56.8 Å². The summed E-state index contributed by atoms with van der Waals surface area (Å²) in [5.74, 6) is 0.0236. The highest BCUT2D eigenvalue weighted by molar-refractivity contribution is 5.94. The van der Waals surface area contributed by atoms with E-state index in [4.69, 9.17) is 0 Å². The van der Waals surface area contributed by atoms with Crippen LogP contribution in [0, 0.1) is 13.8 Å². The van der Waals surface area contributed by atoms with Crippen LogP contribution in [0.3, 0.4) is 0 Å². The van der Waals surface area contributed by atoms with Crippen LogP contribution in [0.2, 0.25) is 0 Å². The molecule has 4 heteroatoms. The topological polar surface area (TPSA) is 48.1 Å². The minimum Gasteiger partial charge on any atom is -0.354 e. The first-order valence-electron chi connectivity index (χ1n) is 8.85. The van der Waals surface area contributed by atoms with E-state index in [-0.39, 0.29) is 11.9 Å². The fraction of sp³-hybridized carbons (Fsp3) is 0.450. The lowest BCUT2D eigenvalue weighted by Gasteiger charge is -2.33. The van der Waals surface area contributed by atoms with E-state index in [1.807, 2.05) is 19.9 Å². The van der Waals surface area contributed by atoms with Gasteiger partial charge in [0.05, 0.1) is 0 Å². The van der Waals surface area contributed by atoms with Crippen LogP contribution >= 0.6 is 0 Å². The summed E-state index contributed by atoms with van der Waals surface area (Å²) in [6.07, 6.45) is 3.27. The maximum Gasteiger partial charge on any atom is 0.268 e. The zero-order valence-electron chi connectivity index (χ0n) is 14.6. The molecule has 2 N–H and O–H groups in total. The van der Waals surface area contributed by atoms with Crippen molar-refractivity contribution >= 4 is 5.91 Å². The molecule has 24 heavy (non-hydrogen) atoms. The van der Waals surface area contributed by atoms with E-state index in [0.29, 0.717) is 5.69 Å². The number of hydrogen-bond acceptors (Lipinski definition) is 2. The first kappa shape index (κ1) is 16.8. The summed E-state index contributed by atoms with van der Waals surface area (Å²) in [7, 11) is 0. The Kier molecular flexibility index (Phi) is 5.36. The number of hydrogen-bond donors (Lipinski definition) is 2. The lowest BCUT2D eigenvalue weighted by atomic mass is 10.0. The Morgan fingerprint density at radius 2 is 2.08 bits per heavy atom. The Balaban J connectivity index is 1.52. The number of nitrogens with zero attached hydrogens (tertiary/aromatic N) is 1. The van der Waals surface area contributed by atoms with Crippen LogP contribution in [0.25, 0.3) is 0 Å². The van der Waals surface area contributed by atoms with Crippen molar-refractivity contribution in [3.05, 3.63) is 58.9 Å². The molecule has 0 spiro atoms. The fourth-order valence-electron chi connectivity index (χ4n) is 3.53. The number of piperidine rings is 1. The maximum absolute atomic E-state index is 12.5. The van der Waals surface area contributed by atoms with Crippen molar-refractivity contribution in [2.45, 2.75) is 39.2 Å². The second kappa shape index (κ2) is 7.67. The number of amides is 1. The number of likely N-dealkylation sites (tertiary alicyclic amines) is 1. The van der Waals surface area contributed by atoms with Gasteiger partial charge >= 0.3 is 0 Å². The summed E-state index contributed by atoms with van der Waals surface area (Å²) < 4.78 is 0. The van der Waals surface area contributed by atoms with Gasteiger partial charge in [0.1, 0.15) is 5.69 Å². The largest absolute Gasteiger partial charge is 0.354 e. The number of carbonyl (C=O) groups excluding carboxylic acids is 1. The van der Waals surface area contributed by atoms with Gasteiger partial charge in [-0.3, -0.25) is 4.79 Å². The monoisotopic (exact) mass is 325 g/mol. The maximum atomic E-state index is 12.5. The van der Waals surface area contributed by atoms with Gasteiger partial charge in [-0.1, -0.05) is 30.3 Å². The molecule has 4 nitrogen and oxygen atoms in total. The van der Waals surface area contributed by atoms with Crippen LogP contribution in [0.15, 0.2) is 36.4 Å². The highest BCUT2D eigenvalue weighted by atomic mass is 16.2. The molecule has 1 aromatic heterocycles. The third-order valence-electron chi connectivity index (χ3n) is 4.78. The number of aryl methyl sites for hydroxylation is 2. The highest BCUT2D eigenvalue weighted by Gasteiger charge is 2.22. The number of aromatic nitrogens is 1. The molecule has 0 saturated carbocycles. The number of aromatic amines is 1. The van der Waals surface area contributed by atoms with Crippen LogP contribution in [0.4, 0.5) is 0 Å². The predicted molar refractivity (Wildman–Crippen MR) is 97.3 cm³/mol. The van der Waals surface area contributed by atoms with Crippen molar-refractivity contribution in [2.24, 2.45) is 0 Å². The Morgan fingerprint density at radius 1 is 1.29 bits per heavy atom. The zero-order valence-corrected chi connectivity index (χ0v) is 14.6. The van der Waals surface area contributed by atoms with Crippen molar-refractivity contribution in [3.63, 3.8) is 0 Å². The van der Waals surface area contributed by atoms with Crippen LogP contribution in [0.1, 0.15) is 40.2 Å². The van der Waals surface area contributed by atoms with E-state index in [9.17, 15) is 4.79 Å². The average molecular weight is 325 g/mol.